The minimum Gasteiger partial charge on any atom is -0.383 e. The van der Waals surface area contributed by atoms with Crippen molar-refractivity contribution in [2.45, 2.75) is 32.3 Å². The first-order valence-corrected chi connectivity index (χ1v) is 9.20. The fraction of sp³-hybridized carbons (Fsp3) is 0.529. The predicted molar refractivity (Wildman–Crippen MR) is 99.4 cm³/mol. The Balaban J connectivity index is 1.82. The van der Waals surface area contributed by atoms with Crippen LogP contribution in [-0.4, -0.2) is 40.5 Å². The van der Waals surface area contributed by atoms with Crippen LogP contribution in [0.3, 0.4) is 0 Å². The predicted octanol–water partition coefficient (Wildman–Crippen LogP) is 1.88. The zero-order valence-corrected chi connectivity index (χ0v) is 15.4. The Bertz CT molecular complexity index is 633. The summed E-state index contributed by atoms with van der Waals surface area (Å²) in [7, 11) is 1.93. The van der Waals surface area contributed by atoms with Crippen LogP contribution in [0.2, 0.25) is 0 Å². The highest BCUT2D eigenvalue weighted by Crippen LogP contribution is 2.23. The highest BCUT2D eigenvalue weighted by molar-refractivity contribution is 7.08. The van der Waals surface area contributed by atoms with Gasteiger partial charge in [-0.2, -0.15) is 16.4 Å². The molecular formula is C17H27N5OS. The minimum absolute atomic E-state index is 0.321. The van der Waals surface area contributed by atoms with Crippen LogP contribution < -0.4 is 10.6 Å². The molecule has 3 N–H and O–H groups in total. The molecule has 0 aliphatic carbocycles. The second-order valence-corrected chi connectivity index (χ2v) is 6.81. The fourth-order valence-electron chi connectivity index (χ4n) is 2.34. The van der Waals surface area contributed by atoms with E-state index in [0.29, 0.717) is 6.54 Å². The van der Waals surface area contributed by atoms with Gasteiger partial charge in [-0.05, 0) is 54.6 Å². The van der Waals surface area contributed by atoms with E-state index in [1.165, 1.54) is 5.56 Å². The normalized spacial score (nSPS) is 14.4. The molecule has 1 unspecified atom stereocenters. The van der Waals surface area contributed by atoms with E-state index in [-0.39, 0.29) is 0 Å². The van der Waals surface area contributed by atoms with E-state index in [2.05, 4.69) is 20.7 Å². The van der Waals surface area contributed by atoms with Gasteiger partial charge in [0.05, 0.1) is 12.7 Å². The van der Waals surface area contributed by atoms with Crippen LogP contribution in [0, 0.1) is 0 Å². The van der Waals surface area contributed by atoms with Crippen LogP contribution in [0.1, 0.15) is 31.4 Å². The average molecular weight is 350 g/mol. The molecule has 0 saturated carbocycles. The van der Waals surface area contributed by atoms with Crippen molar-refractivity contribution in [1.29, 1.82) is 0 Å². The monoisotopic (exact) mass is 349 g/mol. The minimum atomic E-state index is -0.946. The van der Waals surface area contributed by atoms with Crippen LogP contribution in [0.5, 0.6) is 0 Å². The number of aromatic nitrogens is 2. The summed E-state index contributed by atoms with van der Waals surface area (Å²) in [4.78, 5) is 4.52. The van der Waals surface area contributed by atoms with E-state index in [4.69, 9.17) is 0 Å². The zero-order valence-electron chi connectivity index (χ0n) is 14.6. The summed E-state index contributed by atoms with van der Waals surface area (Å²) in [5, 5.41) is 25.2. The van der Waals surface area contributed by atoms with Gasteiger partial charge in [-0.1, -0.05) is 0 Å². The third-order valence-corrected chi connectivity index (χ3v) is 4.41. The van der Waals surface area contributed by atoms with Crippen molar-refractivity contribution in [1.82, 2.24) is 20.4 Å². The molecule has 0 saturated heterocycles. The van der Waals surface area contributed by atoms with Crippen molar-refractivity contribution in [2.75, 3.05) is 19.6 Å². The van der Waals surface area contributed by atoms with Gasteiger partial charge in [-0.25, -0.2) is 4.99 Å². The summed E-state index contributed by atoms with van der Waals surface area (Å²) >= 11 is 1.58. The largest absolute Gasteiger partial charge is 0.383 e. The van der Waals surface area contributed by atoms with Crippen molar-refractivity contribution in [3.63, 3.8) is 0 Å². The molecule has 0 fully saturated rings. The number of rotatable bonds is 8. The van der Waals surface area contributed by atoms with Crippen LogP contribution in [-0.2, 0) is 19.1 Å². The Morgan fingerprint density at radius 3 is 2.92 bits per heavy atom. The highest BCUT2D eigenvalue weighted by Gasteiger charge is 2.23. The molecule has 0 aliphatic heterocycles. The van der Waals surface area contributed by atoms with Crippen molar-refractivity contribution in [2.24, 2.45) is 12.0 Å². The number of hydrogen-bond acceptors (Lipinski definition) is 4. The highest BCUT2D eigenvalue weighted by atomic mass is 32.1. The smallest absolute Gasteiger partial charge is 0.191 e. The number of aliphatic imine (C=N–C) groups is 1. The lowest BCUT2D eigenvalue weighted by Crippen LogP contribution is -2.39. The van der Waals surface area contributed by atoms with Gasteiger partial charge in [0.1, 0.15) is 5.60 Å². The van der Waals surface area contributed by atoms with E-state index in [1.807, 2.05) is 47.9 Å². The number of aryl methyl sites for hydroxylation is 2. The first-order chi connectivity index (χ1) is 11.5. The molecular weight excluding hydrogens is 322 g/mol. The third kappa shape index (κ3) is 5.65. The van der Waals surface area contributed by atoms with Gasteiger partial charge in [-0.15, -0.1) is 0 Å². The molecule has 132 valence electrons. The number of nitrogens with one attached hydrogen (secondary N) is 2. The number of thiophene rings is 1. The lowest BCUT2D eigenvalue weighted by molar-refractivity contribution is 0.0677. The molecule has 2 heterocycles. The molecule has 0 bridgehead atoms. The Kier molecular flexibility index (Phi) is 6.81. The second kappa shape index (κ2) is 8.84. The average Bonchev–Trinajstić information content (AvgIpc) is 3.21. The van der Waals surface area contributed by atoms with E-state index in [1.54, 1.807) is 18.3 Å². The molecule has 2 aromatic heterocycles. The summed E-state index contributed by atoms with van der Waals surface area (Å²) in [6.45, 7) is 5.76. The van der Waals surface area contributed by atoms with Gasteiger partial charge in [-0.3, -0.25) is 4.68 Å². The lowest BCUT2D eigenvalue weighted by Gasteiger charge is -2.21. The SMILES string of the molecule is CCNC(=NCC(C)(O)c1ccsc1)NCCCc1cnn(C)c1. The summed E-state index contributed by atoms with van der Waals surface area (Å²) in [6, 6.07) is 1.94. The topological polar surface area (TPSA) is 74.5 Å². The molecule has 7 heteroatoms. The van der Waals surface area contributed by atoms with Gasteiger partial charge >= 0.3 is 0 Å². The number of guanidine groups is 1. The molecule has 0 spiro atoms. The van der Waals surface area contributed by atoms with E-state index < -0.39 is 5.60 Å². The number of hydrogen-bond donors (Lipinski definition) is 3. The van der Waals surface area contributed by atoms with Gasteiger partial charge in [0.15, 0.2) is 5.96 Å². The Hall–Kier alpha value is -1.86. The van der Waals surface area contributed by atoms with Crippen molar-refractivity contribution in [3.05, 3.63) is 40.3 Å². The maximum absolute atomic E-state index is 10.5. The molecule has 0 amide bonds. The van der Waals surface area contributed by atoms with Gasteiger partial charge in [0.25, 0.3) is 0 Å². The third-order valence-electron chi connectivity index (χ3n) is 3.73. The Morgan fingerprint density at radius 2 is 2.29 bits per heavy atom. The van der Waals surface area contributed by atoms with E-state index >= 15 is 0 Å². The quantitative estimate of drug-likeness (QED) is 0.386. The van der Waals surface area contributed by atoms with Crippen LogP contribution >= 0.6 is 11.3 Å². The molecule has 24 heavy (non-hydrogen) atoms. The van der Waals surface area contributed by atoms with E-state index in [0.717, 1.165) is 37.5 Å². The maximum atomic E-state index is 10.5. The molecule has 1 atom stereocenters. The summed E-state index contributed by atoms with van der Waals surface area (Å²) in [5.74, 6) is 0.735. The van der Waals surface area contributed by atoms with Gasteiger partial charge in [0.2, 0.25) is 0 Å². The van der Waals surface area contributed by atoms with Crippen LogP contribution in [0.15, 0.2) is 34.2 Å². The summed E-state index contributed by atoms with van der Waals surface area (Å²) < 4.78 is 1.82. The van der Waals surface area contributed by atoms with Gasteiger partial charge in [0, 0.05) is 26.3 Å². The molecule has 2 aromatic rings. The maximum Gasteiger partial charge on any atom is 0.191 e. The van der Waals surface area contributed by atoms with Crippen LogP contribution in [0.25, 0.3) is 0 Å². The summed E-state index contributed by atoms with van der Waals surface area (Å²) in [5.41, 5.74) is 1.20. The molecule has 0 aliphatic rings. The number of aliphatic hydroxyl groups is 1. The molecule has 0 radical (unpaired) electrons. The van der Waals surface area contributed by atoms with Crippen molar-refractivity contribution < 1.29 is 5.11 Å². The molecule has 2 rings (SSSR count). The van der Waals surface area contributed by atoms with Crippen LogP contribution in [0.4, 0.5) is 0 Å². The molecule has 0 aromatic carbocycles. The molecule has 6 nitrogen and oxygen atoms in total. The lowest BCUT2D eigenvalue weighted by atomic mass is 10.00. The van der Waals surface area contributed by atoms with Gasteiger partial charge < -0.3 is 15.7 Å². The first kappa shape index (κ1) is 18.5. The standard InChI is InChI=1S/C17H27N5OS/c1-4-18-16(19-8-5-6-14-10-21-22(3)11-14)20-13-17(2,23)15-7-9-24-12-15/h7,9-12,23H,4-6,8,13H2,1-3H3,(H2,18,19,20). The number of nitrogens with zero attached hydrogens (tertiary/aromatic N) is 3. The Labute approximate surface area is 147 Å². The summed E-state index contributed by atoms with van der Waals surface area (Å²) in [6.07, 6.45) is 5.92. The van der Waals surface area contributed by atoms with Crippen molar-refractivity contribution in [3.8, 4) is 0 Å². The fourth-order valence-corrected chi connectivity index (χ4v) is 3.12. The first-order valence-electron chi connectivity index (χ1n) is 8.26. The van der Waals surface area contributed by atoms with E-state index in [9.17, 15) is 5.11 Å². The second-order valence-electron chi connectivity index (χ2n) is 6.03. The van der Waals surface area contributed by atoms with Crippen molar-refractivity contribution >= 4 is 17.3 Å². The zero-order chi connectivity index (χ0) is 17.4. The Morgan fingerprint density at radius 1 is 1.46 bits per heavy atom.